The predicted octanol–water partition coefficient (Wildman–Crippen LogP) is 2.24. The first-order valence-corrected chi connectivity index (χ1v) is 5.94. The molecule has 1 fully saturated rings. The third-order valence-electron chi connectivity index (χ3n) is 3.17. The lowest BCUT2D eigenvalue weighted by atomic mass is 9.92. The van der Waals surface area contributed by atoms with Crippen molar-refractivity contribution in [1.29, 1.82) is 0 Å². The Balaban J connectivity index is 1.91. The van der Waals surface area contributed by atoms with Crippen molar-refractivity contribution in [2.24, 2.45) is 5.92 Å². The largest absolute Gasteiger partial charge is 0.387 e. The number of ether oxygens (including phenoxy) is 1. The summed E-state index contributed by atoms with van der Waals surface area (Å²) < 4.78 is 5.31. The Morgan fingerprint density at radius 3 is 2.81 bits per heavy atom. The van der Waals surface area contributed by atoms with E-state index < -0.39 is 6.10 Å². The van der Waals surface area contributed by atoms with Crippen molar-refractivity contribution in [3.8, 4) is 0 Å². The van der Waals surface area contributed by atoms with Gasteiger partial charge in [-0.05, 0) is 43.7 Å². The van der Waals surface area contributed by atoms with Crippen LogP contribution < -0.4 is 0 Å². The average Bonchev–Trinajstić information content (AvgIpc) is 2.31. The molecule has 1 aliphatic rings. The van der Waals surface area contributed by atoms with Crippen molar-refractivity contribution in [3.63, 3.8) is 0 Å². The fraction of sp³-hybridized carbons (Fsp3) is 0.615. The fourth-order valence-corrected chi connectivity index (χ4v) is 2.09. The number of hydrogen-bond acceptors (Lipinski definition) is 3. The second-order valence-corrected chi connectivity index (χ2v) is 4.57. The molecule has 2 rings (SSSR count). The fourth-order valence-electron chi connectivity index (χ4n) is 2.09. The van der Waals surface area contributed by atoms with E-state index in [0.717, 1.165) is 43.7 Å². The highest BCUT2D eigenvalue weighted by atomic mass is 16.5. The normalized spacial score (nSPS) is 19.6. The van der Waals surface area contributed by atoms with Crippen LogP contribution in [0.5, 0.6) is 0 Å². The summed E-state index contributed by atoms with van der Waals surface area (Å²) in [5.74, 6) is 0.576. The second-order valence-electron chi connectivity index (χ2n) is 4.57. The zero-order valence-corrected chi connectivity index (χ0v) is 9.72. The first-order valence-electron chi connectivity index (χ1n) is 5.94. The number of nitrogens with zero attached hydrogens (tertiary/aromatic N) is 1. The number of aromatic nitrogens is 1. The molecule has 1 saturated heterocycles. The molecular formula is C13H19NO2. The molecule has 2 heterocycles. The molecule has 0 aliphatic carbocycles. The van der Waals surface area contributed by atoms with E-state index in [9.17, 15) is 5.11 Å². The van der Waals surface area contributed by atoms with Gasteiger partial charge in [0.1, 0.15) is 0 Å². The van der Waals surface area contributed by atoms with Crippen molar-refractivity contribution in [3.05, 3.63) is 29.6 Å². The minimum atomic E-state index is -0.427. The van der Waals surface area contributed by atoms with Gasteiger partial charge in [-0.3, -0.25) is 4.98 Å². The van der Waals surface area contributed by atoms with Crippen LogP contribution in [-0.2, 0) is 4.74 Å². The summed E-state index contributed by atoms with van der Waals surface area (Å²) in [6.07, 6.45) is 4.30. The average molecular weight is 221 g/mol. The minimum absolute atomic E-state index is 0.427. The summed E-state index contributed by atoms with van der Waals surface area (Å²) in [7, 11) is 0. The zero-order chi connectivity index (χ0) is 11.4. The minimum Gasteiger partial charge on any atom is -0.387 e. The summed E-state index contributed by atoms with van der Waals surface area (Å²) in [6.45, 7) is 3.67. The lowest BCUT2D eigenvalue weighted by molar-refractivity contribution is 0.0427. The molecule has 0 saturated carbocycles. The zero-order valence-electron chi connectivity index (χ0n) is 9.72. The van der Waals surface area contributed by atoms with Crippen molar-refractivity contribution < 1.29 is 9.84 Å². The highest BCUT2D eigenvalue weighted by Crippen LogP contribution is 2.26. The van der Waals surface area contributed by atoms with Crippen molar-refractivity contribution >= 4 is 0 Å². The van der Waals surface area contributed by atoms with Gasteiger partial charge in [0.25, 0.3) is 0 Å². The van der Waals surface area contributed by atoms with Gasteiger partial charge in [-0.1, -0.05) is 6.07 Å². The molecule has 88 valence electrons. The molecule has 0 bridgehead atoms. The standard InChI is InChI=1S/C13H19NO2/c1-10-2-3-12(14-9-10)13(15)8-11-4-6-16-7-5-11/h2-3,9,11,13,15H,4-8H2,1H3. The van der Waals surface area contributed by atoms with E-state index in [4.69, 9.17) is 4.74 Å². The topological polar surface area (TPSA) is 42.4 Å². The third-order valence-corrected chi connectivity index (χ3v) is 3.17. The maximum atomic E-state index is 10.1. The molecule has 0 spiro atoms. The lowest BCUT2D eigenvalue weighted by Crippen LogP contribution is -2.18. The highest BCUT2D eigenvalue weighted by Gasteiger charge is 2.19. The van der Waals surface area contributed by atoms with Crippen LogP contribution in [0.2, 0.25) is 0 Å². The van der Waals surface area contributed by atoms with Crippen LogP contribution in [0, 0.1) is 12.8 Å². The van der Waals surface area contributed by atoms with Crippen LogP contribution in [0.15, 0.2) is 18.3 Å². The molecule has 3 heteroatoms. The van der Waals surface area contributed by atoms with Crippen LogP contribution in [-0.4, -0.2) is 23.3 Å². The number of aliphatic hydroxyl groups is 1. The molecule has 16 heavy (non-hydrogen) atoms. The molecule has 1 aromatic heterocycles. The van der Waals surface area contributed by atoms with E-state index >= 15 is 0 Å². The Morgan fingerprint density at radius 2 is 2.19 bits per heavy atom. The third kappa shape index (κ3) is 3.03. The maximum absolute atomic E-state index is 10.1. The number of hydrogen-bond donors (Lipinski definition) is 1. The lowest BCUT2D eigenvalue weighted by Gasteiger charge is -2.24. The van der Waals surface area contributed by atoms with Crippen molar-refractivity contribution in [1.82, 2.24) is 4.98 Å². The van der Waals surface area contributed by atoms with E-state index in [1.165, 1.54) is 0 Å². The summed E-state index contributed by atoms with van der Waals surface area (Å²) in [5.41, 5.74) is 1.92. The Bertz CT molecular complexity index is 317. The number of aliphatic hydroxyl groups excluding tert-OH is 1. The molecule has 1 N–H and O–H groups in total. The van der Waals surface area contributed by atoms with Crippen LogP contribution in [0.1, 0.15) is 36.6 Å². The van der Waals surface area contributed by atoms with E-state index in [0.29, 0.717) is 5.92 Å². The molecule has 1 aromatic rings. The van der Waals surface area contributed by atoms with Gasteiger partial charge < -0.3 is 9.84 Å². The van der Waals surface area contributed by atoms with Crippen LogP contribution >= 0.6 is 0 Å². The Morgan fingerprint density at radius 1 is 1.44 bits per heavy atom. The maximum Gasteiger partial charge on any atom is 0.0962 e. The van der Waals surface area contributed by atoms with Crippen LogP contribution in [0.25, 0.3) is 0 Å². The monoisotopic (exact) mass is 221 g/mol. The van der Waals surface area contributed by atoms with Crippen molar-refractivity contribution in [2.75, 3.05) is 13.2 Å². The van der Waals surface area contributed by atoms with Gasteiger partial charge in [-0.15, -0.1) is 0 Å². The van der Waals surface area contributed by atoms with E-state index in [1.807, 2.05) is 25.3 Å². The SMILES string of the molecule is Cc1ccc(C(O)CC2CCOCC2)nc1. The van der Waals surface area contributed by atoms with Gasteiger partial charge >= 0.3 is 0 Å². The molecular weight excluding hydrogens is 202 g/mol. The van der Waals surface area contributed by atoms with E-state index in [-0.39, 0.29) is 0 Å². The first kappa shape index (κ1) is 11.6. The van der Waals surface area contributed by atoms with Gasteiger partial charge in [0.2, 0.25) is 0 Å². The summed E-state index contributed by atoms with van der Waals surface area (Å²) in [4.78, 5) is 4.26. The number of pyridine rings is 1. The molecule has 3 nitrogen and oxygen atoms in total. The molecule has 0 amide bonds. The van der Waals surface area contributed by atoms with Gasteiger partial charge in [0.15, 0.2) is 0 Å². The van der Waals surface area contributed by atoms with E-state index in [1.54, 1.807) is 0 Å². The Labute approximate surface area is 96.5 Å². The molecule has 0 aromatic carbocycles. The molecule has 1 unspecified atom stereocenters. The van der Waals surface area contributed by atoms with Crippen molar-refractivity contribution in [2.45, 2.75) is 32.3 Å². The van der Waals surface area contributed by atoms with E-state index in [2.05, 4.69) is 4.98 Å². The smallest absolute Gasteiger partial charge is 0.0962 e. The molecule has 1 atom stereocenters. The molecule has 1 aliphatic heterocycles. The predicted molar refractivity (Wildman–Crippen MR) is 62.1 cm³/mol. The summed E-state index contributed by atoms with van der Waals surface area (Å²) in [6, 6.07) is 3.91. The Kier molecular flexibility index (Phi) is 3.91. The summed E-state index contributed by atoms with van der Waals surface area (Å²) >= 11 is 0. The Hall–Kier alpha value is -0.930. The van der Waals surface area contributed by atoms with Gasteiger partial charge in [-0.25, -0.2) is 0 Å². The second kappa shape index (κ2) is 5.41. The first-order chi connectivity index (χ1) is 7.75. The summed E-state index contributed by atoms with van der Waals surface area (Å²) in [5, 5.41) is 10.1. The van der Waals surface area contributed by atoms with Crippen LogP contribution in [0.3, 0.4) is 0 Å². The quantitative estimate of drug-likeness (QED) is 0.851. The highest BCUT2D eigenvalue weighted by molar-refractivity contribution is 5.13. The number of rotatable bonds is 3. The van der Waals surface area contributed by atoms with Gasteiger partial charge in [0, 0.05) is 19.4 Å². The van der Waals surface area contributed by atoms with Crippen LogP contribution in [0.4, 0.5) is 0 Å². The van der Waals surface area contributed by atoms with Gasteiger partial charge in [-0.2, -0.15) is 0 Å². The number of aryl methyl sites for hydroxylation is 1. The van der Waals surface area contributed by atoms with Gasteiger partial charge in [0.05, 0.1) is 11.8 Å². The molecule has 0 radical (unpaired) electrons.